The molecule has 3 aromatic rings. The van der Waals surface area contributed by atoms with Crippen LogP contribution in [0.25, 0.3) is 11.1 Å². The fourth-order valence-corrected chi connectivity index (χ4v) is 2.48. The van der Waals surface area contributed by atoms with Gasteiger partial charge >= 0.3 is 0 Å². The van der Waals surface area contributed by atoms with Gasteiger partial charge in [-0.05, 0) is 33.6 Å². The summed E-state index contributed by atoms with van der Waals surface area (Å²) < 4.78 is 6.61. The van der Waals surface area contributed by atoms with Crippen LogP contribution in [0.5, 0.6) is 0 Å². The summed E-state index contributed by atoms with van der Waals surface area (Å²) in [7, 11) is 0. The molecule has 1 heterocycles. The van der Waals surface area contributed by atoms with Crippen LogP contribution >= 0.6 is 27.5 Å². The van der Waals surface area contributed by atoms with E-state index in [0.717, 1.165) is 21.1 Å². The Labute approximate surface area is 118 Å². The van der Waals surface area contributed by atoms with E-state index in [4.69, 9.17) is 16.0 Å². The molecule has 0 bridgehead atoms. The van der Waals surface area contributed by atoms with E-state index in [0.29, 0.717) is 5.89 Å². The third-order valence-corrected chi connectivity index (χ3v) is 3.76. The average Bonchev–Trinajstić information content (AvgIpc) is 2.84. The minimum absolute atomic E-state index is 0.370. The van der Waals surface area contributed by atoms with Crippen LogP contribution in [0.15, 0.2) is 57.4 Å². The number of nitrogens with zero attached hydrogens (tertiary/aromatic N) is 1. The van der Waals surface area contributed by atoms with Crippen LogP contribution in [0.1, 0.15) is 16.8 Å². The van der Waals surface area contributed by atoms with Crippen molar-refractivity contribution in [3.63, 3.8) is 0 Å². The van der Waals surface area contributed by atoms with Crippen LogP contribution in [-0.4, -0.2) is 4.98 Å². The van der Waals surface area contributed by atoms with E-state index in [1.807, 2.05) is 48.5 Å². The maximum absolute atomic E-state index is 6.38. The zero-order valence-corrected chi connectivity index (χ0v) is 11.6. The van der Waals surface area contributed by atoms with Crippen molar-refractivity contribution in [2.24, 2.45) is 0 Å². The highest BCUT2D eigenvalue weighted by Gasteiger charge is 2.18. The van der Waals surface area contributed by atoms with Gasteiger partial charge in [-0.25, -0.2) is 4.98 Å². The molecular weight excluding hydrogens is 314 g/mol. The average molecular weight is 323 g/mol. The summed E-state index contributed by atoms with van der Waals surface area (Å²) in [5.41, 5.74) is 2.51. The zero-order valence-electron chi connectivity index (χ0n) is 9.31. The molecule has 1 atom stereocenters. The third kappa shape index (κ3) is 2.04. The molecule has 90 valence electrons. The summed E-state index contributed by atoms with van der Waals surface area (Å²) in [6.07, 6.45) is 0. The summed E-state index contributed by atoms with van der Waals surface area (Å²) in [5, 5.41) is -0.370. The van der Waals surface area contributed by atoms with Gasteiger partial charge in [0.1, 0.15) is 10.9 Å². The second-order valence-corrected chi connectivity index (χ2v) is 5.20. The fraction of sp³-hybridized carbons (Fsp3) is 0.0714. The lowest BCUT2D eigenvalue weighted by molar-refractivity contribution is 0.537. The van der Waals surface area contributed by atoms with Gasteiger partial charge in [0.15, 0.2) is 5.58 Å². The van der Waals surface area contributed by atoms with Gasteiger partial charge in [-0.2, -0.15) is 0 Å². The predicted molar refractivity (Wildman–Crippen MR) is 75.8 cm³/mol. The molecule has 0 fully saturated rings. The van der Waals surface area contributed by atoms with Gasteiger partial charge in [-0.1, -0.05) is 36.4 Å². The minimum Gasteiger partial charge on any atom is -0.437 e. The Morgan fingerprint density at radius 3 is 2.56 bits per heavy atom. The second-order valence-electron chi connectivity index (χ2n) is 3.91. The van der Waals surface area contributed by atoms with Crippen LogP contribution < -0.4 is 0 Å². The Balaban J connectivity index is 2.07. The van der Waals surface area contributed by atoms with Crippen molar-refractivity contribution in [3.05, 3.63) is 64.5 Å². The minimum atomic E-state index is -0.370. The highest BCUT2D eigenvalue weighted by atomic mass is 79.9. The van der Waals surface area contributed by atoms with Crippen molar-refractivity contribution in [3.8, 4) is 0 Å². The van der Waals surface area contributed by atoms with Crippen molar-refractivity contribution in [2.45, 2.75) is 5.38 Å². The molecule has 0 aliphatic rings. The molecule has 0 saturated heterocycles. The molecule has 4 heteroatoms. The molecule has 1 aromatic heterocycles. The van der Waals surface area contributed by atoms with E-state index in [-0.39, 0.29) is 5.38 Å². The first-order valence-electron chi connectivity index (χ1n) is 5.49. The first-order valence-corrected chi connectivity index (χ1v) is 6.72. The molecule has 0 N–H and O–H groups in total. The topological polar surface area (TPSA) is 26.0 Å². The lowest BCUT2D eigenvalue weighted by Gasteiger charge is -2.04. The quantitative estimate of drug-likeness (QED) is 0.626. The van der Waals surface area contributed by atoms with Gasteiger partial charge in [0.25, 0.3) is 0 Å². The second kappa shape index (κ2) is 4.75. The highest BCUT2D eigenvalue weighted by Crippen LogP contribution is 2.32. The largest absolute Gasteiger partial charge is 0.437 e. The Kier molecular flexibility index (Phi) is 3.10. The Morgan fingerprint density at radius 2 is 1.83 bits per heavy atom. The fourth-order valence-electron chi connectivity index (χ4n) is 1.81. The number of para-hydroxylation sites is 1. The number of alkyl halides is 1. The number of halogens is 2. The number of hydrogen-bond donors (Lipinski definition) is 0. The molecule has 3 rings (SSSR count). The Morgan fingerprint density at radius 1 is 1.06 bits per heavy atom. The van der Waals surface area contributed by atoms with Crippen molar-refractivity contribution in [1.82, 2.24) is 4.98 Å². The van der Waals surface area contributed by atoms with E-state index in [1.165, 1.54) is 0 Å². The number of rotatable bonds is 2. The van der Waals surface area contributed by atoms with Crippen LogP contribution in [0.2, 0.25) is 0 Å². The summed E-state index contributed by atoms with van der Waals surface area (Å²) >= 11 is 9.82. The Hall–Kier alpha value is -1.32. The first kappa shape index (κ1) is 11.8. The van der Waals surface area contributed by atoms with Crippen molar-refractivity contribution < 1.29 is 4.42 Å². The molecule has 2 nitrogen and oxygen atoms in total. The number of hydrogen-bond acceptors (Lipinski definition) is 2. The lowest BCUT2D eigenvalue weighted by Crippen LogP contribution is -1.92. The van der Waals surface area contributed by atoms with Gasteiger partial charge in [-0.3, -0.25) is 0 Å². The van der Waals surface area contributed by atoms with Crippen molar-refractivity contribution >= 4 is 38.6 Å². The molecule has 0 saturated carbocycles. The van der Waals surface area contributed by atoms with Crippen LogP contribution in [-0.2, 0) is 0 Å². The molecule has 0 amide bonds. The summed E-state index contributed by atoms with van der Waals surface area (Å²) in [4.78, 5) is 4.42. The molecule has 0 aliphatic carbocycles. The molecular formula is C14H9BrClNO. The van der Waals surface area contributed by atoms with E-state index in [2.05, 4.69) is 20.9 Å². The van der Waals surface area contributed by atoms with Crippen LogP contribution in [0.3, 0.4) is 0 Å². The Bertz CT molecular complexity index is 681. The van der Waals surface area contributed by atoms with E-state index in [9.17, 15) is 0 Å². The summed E-state index contributed by atoms with van der Waals surface area (Å²) in [6, 6.07) is 15.5. The van der Waals surface area contributed by atoms with E-state index >= 15 is 0 Å². The smallest absolute Gasteiger partial charge is 0.218 e. The molecule has 0 spiro atoms. The van der Waals surface area contributed by atoms with Gasteiger partial charge in [-0.15, -0.1) is 11.6 Å². The summed E-state index contributed by atoms with van der Waals surface area (Å²) in [6.45, 7) is 0. The van der Waals surface area contributed by atoms with Gasteiger partial charge in [0, 0.05) is 0 Å². The van der Waals surface area contributed by atoms with Gasteiger partial charge < -0.3 is 4.42 Å². The molecule has 0 aliphatic heterocycles. The maximum atomic E-state index is 6.38. The van der Waals surface area contributed by atoms with Gasteiger partial charge in [0.2, 0.25) is 5.89 Å². The molecule has 2 aromatic carbocycles. The van der Waals surface area contributed by atoms with E-state index < -0.39 is 0 Å². The van der Waals surface area contributed by atoms with Crippen LogP contribution in [0, 0.1) is 0 Å². The highest BCUT2D eigenvalue weighted by molar-refractivity contribution is 9.10. The number of benzene rings is 2. The number of fused-ring (bicyclic) bond motifs is 1. The van der Waals surface area contributed by atoms with Gasteiger partial charge in [0.05, 0.1) is 4.47 Å². The SMILES string of the molecule is ClC(c1ccccc1)c1nc2cccc(Br)c2o1. The zero-order chi connectivity index (χ0) is 12.5. The third-order valence-electron chi connectivity index (χ3n) is 2.69. The lowest BCUT2D eigenvalue weighted by atomic mass is 10.1. The number of aromatic nitrogens is 1. The normalized spacial score (nSPS) is 12.8. The van der Waals surface area contributed by atoms with E-state index in [1.54, 1.807) is 0 Å². The van der Waals surface area contributed by atoms with Crippen LogP contribution in [0.4, 0.5) is 0 Å². The maximum Gasteiger partial charge on any atom is 0.218 e. The van der Waals surface area contributed by atoms with Crippen molar-refractivity contribution in [2.75, 3.05) is 0 Å². The van der Waals surface area contributed by atoms with Crippen molar-refractivity contribution in [1.29, 1.82) is 0 Å². The first-order chi connectivity index (χ1) is 8.75. The standard InChI is InChI=1S/C14H9BrClNO/c15-10-7-4-8-11-13(10)18-14(17-11)12(16)9-5-2-1-3-6-9/h1-8,12H. The predicted octanol–water partition coefficient (Wildman–Crippen LogP) is 4.92. The molecule has 1 unspecified atom stereocenters. The number of oxazole rings is 1. The summed E-state index contributed by atoms with van der Waals surface area (Å²) in [5.74, 6) is 0.518. The molecule has 18 heavy (non-hydrogen) atoms. The monoisotopic (exact) mass is 321 g/mol. The molecule has 0 radical (unpaired) electrons.